The number of ether oxygens (including phenoxy) is 1. The van der Waals surface area contributed by atoms with E-state index < -0.39 is 0 Å². The van der Waals surface area contributed by atoms with Gasteiger partial charge in [-0.2, -0.15) is 0 Å². The van der Waals surface area contributed by atoms with Crippen molar-refractivity contribution >= 4 is 17.7 Å². The Morgan fingerprint density at radius 3 is 2.68 bits per heavy atom. The zero-order chi connectivity index (χ0) is 21.5. The lowest BCUT2D eigenvalue weighted by Crippen LogP contribution is -2.37. The number of pyridine rings is 1. The van der Waals surface area contributed by atoms with Crippen LogP contribution >= 0.6 is 11.8 Å². The minimum Gasteiger partial charge on any atom is -0.494 e. The molecule has 0 radical (unpaired) electrons. The van der Waals surface area contributed by atoms with Crippen LogP contribution in [0.15, 0.2) is 53.9 Å². The van der Waals surface area contributed by atoms with Gasteiger partial charge < -0.3 is 10.1 Å². The van der Waals surface area contributed by atoms with Gasteiger partial charge in [0, 0.05) is 29.7 Å². The molecule has 0 aliphatic heterocycles. The van der Waals surface area contributed by atoms with Crippen LogP contribution in [-0.2, 0) is 4.79 Å². The highest BCUT2D eigenvalue weighted by atomic mass is 32.2. The Hall–Kier alpha value is -2.87. The summed E-state index contributed by atoms with van der Waals surface area (Å²) in [5.41, 5.74) is 1.77. The molecule has 0 spiro atoms. The smallest absolute Gasteiger partial charge is 0.230 e. The maximum absolute atomic E-state index is 12.5. The number of rotatable bonds is 8. The fourth-order valence-electron chi connectivity index (χ4n) is 3.78. The zero-order valence-electron chi connectivity index (χ0n) is 17.7. The second-order valence-electron chi connectivity index (χ2n) is 7.50. The van der Waals surface area contributed by atoms with Crippen molar-refractivity contribution in [2.24, 2.45) is 0 Å². The van der Waals surface area contributed by atoms with Gasteiger partial charge in [0.2, 0.25) is 5.91 Å². The predicted octanol–water partition coefficient (Wildman–Crippen LogP) is 4.27. The molecule has 8 heteroatoms. The first-order chi connectivity index (χ1) is 15.2. The molecule has 0 atom stereocenters. The molecule has 1 amide bonds. The molecular weight excluding hydrogens is 410 g/mol. The molecule has 4 rings (SSSR count). The van der Waals surface area contributed by atoms with Crippen LogP contribution in [0, 0.1) is 0 Å². The number of amides is 1. The summed E-state index contributed by atoms with van der Waals surface area (Å²) in [4.78, 5) is 16.7. The third-order valence-electron chi connectivity index (χ3n) is 5.26. The summed E-state index contributed by atoms with van der Waals surface area (Å²) in [6.07, 6.45) is 9.29. The second-order valence-corrected chi connectivity index (χ2v) is 8.44. The molecule has 7 nitrogen and oxygen atoms in total. The zero-order valence-corrected chi connectivity index (χ0v) is 18.5. The summed E-state index contributed by atoms with van der Waals surface area (Å²) in [5.74, 6) is 1.84. The largest absolute Gasteiger partial charge is 0.494 e. The monoisotopic (exact) mass is 437 g/mol. The third-order valence-corrected chi connectivity index (χ3v) is 6.19. The second kappa shape index (κ2) is 10.4. The van der Waals surface area contributed by atoms with E-state index in [9.17, 15) is 4.79 Å². The van der Waals surface area contributed by atoms with Crippen LogP contribution in [0.3, 0.4) is 0 Å². The summed E-state index contributed by atoms with van der Waals surface area (Å²) in [6, 6.07) is 11.9. The summed E-state index contributed by atoms with van der Waals surface area (Å²) < 4.78 is 7.53. The molecule has 1 fully saturated rings. The maximum Gasteiger partial charge on any atom is 0.230 e. The molecule has 1 saturated carbocycles. The van der Waals surface area contributed by atoms with E-state index in [4.69, 9.17) is 4.74 Å². The van der Waals surface area contributed by atoms with E-state index in [1.165, 1.54) is 31.0 Å². The van der Waals surface area contributed by atoms with Crippen molar-refractivity contribution in [3.63, 3.8) is 0 Å². The molecule has 0 unspecified atom stereocenters. The lowest BCUT2D eigenvalue weighted by atomic mass is 9.95. The molecular formula is C23H27N5O2S. The van der Waals surface area contributed by atoms with E-state index in [0.717, 1.165) is 29.8 Å². The number of aromatic nitrogens is 4. The summed E-state index contributed by atoms with van der Waals surface area (Å²) in [6.45, 7) is 2.57. The van der Waals surface area contributed by atoms with Crippen LogP contribution < -0.4 is 10.1 Å². The summed E-state index contributed by atoms with van der Waals surface area (Å²) >= 11 is 1.39. The first kappa shape index (κ1) is 21.4. The van der Waals surface area contributed by atoms with Gasteiger partial charge in [0.25, 0.3) is 0 Å². The van der Waals surface area contributed by atoms with E-state index in [-0.39, 0.29) is 5.91 Å². The van der Waals surface area contributed by atoms with Crippen molar-refractivity contribution < 1.29 is 9.53 Å². The van der Waals surface area contributed by atoms with Gasteiger partial charge in [-0.15, -0.1) is 10.2 Å². The number of thioether (sulfide) groups is 1. The number of carbonyl (C=O) groups excluding carboxylic acids is 1. The van der Waals surface area contributed by atoms with Gasteiger partial charge in [-0.05, 0) is 56.2 Å². The number of nitrogens with one attached hydrogen (secondary N) is 1. The SMILES string of the molecule is CCOc1ccc(-n2c(SCC(=O)NC3CCCCC3)nnc2-c2cccnc2)cc1. The molecule has 162 valence electrons. The van der Waals surface area contributed by atoms with Crippen molar-refractivity contribution in [1.29, 1.82) is 0 Å². The van der Waals surface area contributed by atoms with E-state index in [0.29, 0.717) is 29.4 Å². The van der Waals surface area contributed by atoms with Gasteiger partial charge in [-0.1, -0.05) is 31.0 Å². The Labute approximate surface area is 186 Å². The number of nitrogens with zero attached hydrogens (tertiary/aromatic N) is 4. The lowest BCUT2D eigenvalue weighted by Gasteiger charge is -2.22. The normalized spacial score (nSPS) is 14.4. The molecule has 0 bridgehead atoms. The number of carbonyl (C=O) groups is 1. The lowest BCUT2D eigenvalue weighted by molar-refractivity contribution is -0.119. The molecule has 2 aromatic heterocycles. The van der Waals surface area contributed by atoms with Crippen molar-refractivity contribution in [3.05, 3.63) is 48.8 Å². The molecule has 1 aliphatic carbocycles. The molecule has 31 heavy (non-hydrogen) atoms. The molecule has 2 heterocycles. The van der Waals surface area contributed by atoms with Gasteiger partial charge >= 0.3 is 0 Å². The van der Waals surface area contributed by atoms with Crippen LogP contribution in [0.1, 0.15) is 39.0 Å². The Bertz CT molecular complexity index is 985. The van der Waals surface area contributed by atoms with E-state index >= 15 is 0 Å². The van der Waals surface area contributed by atoms with Crippen LogP contribution in [0.5, 0.6) is 5.75 Å². The van der Waals surface area contributed by atoms with Crippen LogP contribution in [0.4, 0.5) is 0 Å². The van der Waals surface area contributed by atoms with Crippen LogP contribution in [-0.4, -0.2) is 44.1 Å². The van der Waals surface area contributed by atoms with Crippen molar-refractivity contribution in [1.82, 2.24) is 25.1 Å². The Morgan fingerprint density at radius 1 is 1.16 bits per heavy atom. The van der Waals surface area contributed by atoms with E-state index in [1.54, 1.807) is 12.4 Å². The van der Waals surface area contributed by atoms with Gasteiger partial charge in [-0.3, -0.25) is 14.3 Å². The topological polar surface area (TPSA) is 81.9 Å². The average molecular weight is 438 g/mol. The highest BCUT2D eigenvalue weighted by Crippen LogP contribution is 2.28. The summed E-state index contributed by atoms with van der Waals surface area (Å²) in [7, 11) is 0. The predicted molar refractivity (Wildman–Crippen MR) is 121 cm³/mol. The summed E-state index contributed by atoms with van der Waals surface area (Å²) in [5, 5.41) is 12.6. The van der Waals surface area contributed by atoms with Crippen molar-refractivity contribution in [3.8, 4) is 22.8 Å². The maximum atomic E-state index is 12.5. The molecule has 3 aromatic rings. The van der Waals surface area contributed by atoms with Crippen LogP contribution in [0.2, 0.25) is 0 Å². The molecule has 1 aliphatic rings. The molecule has 0 saturated heterocycles. The highest BCUT2D eigenvalue weighted by Gasteiger charge is 2.19. The van der Waals surface area contributed by atoms with Crippen molar-refractivity contribution in [2.45, 2.75) is 50.2 Å². The quantitative estimate of drug-likeness (QED) is 0.530. The third kappa shape index (κ3) is 5.44. The first-order valence-corrected chi connectivity index (χ1v) is 11.7. The Kier molecular flexibility index (Phi) is 7.19. The minimum absolute atomic E-state index is 0.0427. The van der Waals surface area contributed by atoms with Crippen molar-refractivity contribution in [2.75, 3.05) is 12.4 Å². The van der Waals surface area contributed by atoms with E-state index in [2.05, 4.69) is 20.5 Å². The molecule has 1 aromatic carbocycles. The fourth-order valence-corrected chi connectivity index (χ4v) is 4.55. The average Bonchev–Trinajstić information content (AvgIpc) is 3.24. The number of benzene rings is 1. The Balaban J connectivity index is 1.55. The van der Waals surface area contributed by atoms with Crippen LogP contribution in [0.25, 0.3) is 17.1 Å². The molecule has 1 N–H and O–H groups in total. The highest BCUT2D eigenvalue weighted by molar-refractivity contribution is 7.99. The minimum atomic E-state index is 0.0427. The Morgan fingerprint density at radius 2 is 1.97 bits per heavy atom. The van der Waals surface area contributed by atoms with Gasteiger partial charge in [0.05, 0.1) is 12.4 Å². The van der Waals surface area contributed by atoms with Gasteiger partial charge in [-0.25, -0.2) is 0 Å². The van der Waals surface area contributed by atoms with Gasteiger partial charge in [0.1, 0.15) is 5.75 Å². The number of hydrogen-bond donors (Lipinski definition) is 1. The van der Waals surface area contributed by atoms with Gasteiger partial charge in [0.15, 0.2) is 11.0 Å². The fraction of sp³-hybridized carbons (Fsp3) is 0.391. The van der Waals surface area contributed by atoms with E-state index in [1.807, 2.05) is 47.9 Å². The number of hydrogen-bond acceptors (Lipinski definition) is 6. The standard InChI is InChI=1S/C23H27N5O2S/c1-2-30-20-12-10-19(11-13-20)28-22(17-7-6-14-24-15-17)26-27-23(28)31-16-21(29)25-18-8-4-3-5-9-18/h6-7,10-15,18H,2-5,8-9,16H2,1H3,(H,25,29). The first-order valence-electron chi connectivity index (χ1n) is 10.8.